The summed E-state index contributed by atoms with van der Waals surface area (Å²) >= 11 is 5.73. The van der Waals surface area contributed by atoms with E-state index in [9.17, 15) is 8.42 Å². The first-order valence-corrected chi connectivity index (χ1v) is 7.12. The number of sulfone groups is 1. The molecule has 1 aromatic heterocycles. The minimum atomic E-state index is -3.71. The van der Waals surface area contributed by atoms with Crippen molar-refractivity contribution in [1.82, 2.24) is 4.98 Å². The molecule has 0 spiro atoms. The van der Waals surface area contributed by atoms with Crippen molar-refractivity contribution < 1.29 is 13.2 Å². The molecule has 0 radical (unpaired) electrons. The fourth-order valence-electron chi connectivity index (χ4n) is 1.45. The van der Waals surface area contributed by atoms with E-state index in [1.54, 1.807) is 12.1 Å². The van der Waals surface area contributed by atoms with Crippen LogP contribution in [-0.4, -0.2) is 20.5 Å². The lowest BCUT2D eigenvalue weighted by molar-refractivity contribution is 0.414. The predicted octanol–water partition coefficient (Wildman–Crippen LogP) is 2.16. The molecule has 0 aliphatic carbocycles. The zero-order chi connectivity index (χ0) is 14.0. The molecule has 0 saturated carbocycles. The summed E-state index contributed by atoms with van der Waals surface area (Å²) < 4.78 is 29.6. The van der Waals surface area contributed by atoms with Crippen LogP contribution in [-0.2, 0) is 9.84 Å². The number of nitrogens with two attached hydrogens (primary N) is 1. The number of hydrogen-bond donors (Lipinski definition) is 1. The van der Waals surface area contributed by atoms with Gasteiger partial charge in [-0.15, -0.1) is 0 Å². The van der Waals surface area contributed by atoms with E-state index in [4.69, 9.17) is 22.1 Å². The number of nitrogens with zero attached hydrogens (tertiary/aromatic N) is 1. The Balaban J connectivity index is 2.48. The topological polar surface area (TPSA) is 82.3 Å². The molecule has 0 unspecified atom stereocenters. The standard InChI is InChI=1S/C12H11ClN2O3S/c1-18-8-2-4-9(5-3-8)19(16,17)11-7-6-10(14)12(13)15-11/h2-7H,14H2,1H3. The molecule has 2 rings (SSSR count). The van der Waals surface area contributed by atoms with Crippen LogP contribution in [0.25, 0.3) is 0 Å². The van der Waals surface area contributed by atoms with Crippen LogP contribution in [0.5, 0.6) is 5.75 Å². The van der Waals surface area contributed by atoms with Crippen molar-refractivity contribution in [2.45, 2.75) is 9.92 Å². The van der Waals surface area contributed by atoms with Gasteiger partial charge in [-0.05, 0) is 36.4 Å². The van der Waals surface area contributed by atoms with E-state index in [2.05, 4.69) is 4.98 Å². The molecule has 1 aromatic carbocycles. The maximum atomic E-state index is 12.3. The second-order valence-corrected chi connectivity index (χ2v) is 5.96. The third-order valence-electron chi connectivity index (χ3n) is 2.50. The second-order valence-electron chi connectivity index (χ2n) is 3.71. The van der Waals surface area contributed by atoms with Crippen LogP contribution < -0.4 is 10.5 Å². The summed E-state index contributed by atoms with van der Waals surface area (Å²) in [6.45, 7) is 0. The minimum absolute atomic E-state index is 0.0328. The number of benzene rings is 1. The molecule has 0 atom stereocenters. The fraction of sp³-hybridized carbons (Fsp3) is 0.0833. The number of halogens is 1. The van der Waals surface area contributed by atoms with Crippen LogP contribution in [0.1, 0.15) is 0 Å². The lowest BCUT2D eigenvalue weighted by atomic mass is 10.3. The maximum absolute atomic E-state index is 12.3. The second kappa shape index (κ2) is 5.07. The monoisotopic (exact) mass is 298 g/mol. The van der Waals surface area contributed by atoms with E-state index in [1.165, 1.54) is 31.4 Å². The molecule has 1 heterocycles. The van der Waals surface area contributed by atoms with E-state index >= 15 is 0 Å². The molecule has 0 aliphatic heterocycles. The highest BCUT2D eigenvalue weighted by molar-refractivity contribution is 7.91. The van der Waals surface area contributed by atoms with E-state index in [0.29, 0.717) is 5.75 Å². The van der Waals surface area contributed by atoms with E-state index in [0.717, 1.165) is 0 Å². The van der Waals surface area contributed by atoms with E-state index in [1.807, 2.05) is 0 Å². The van der Waals surface area contributed by atoms with Gasteiger partial charge < -0.3 is 10.5 Å². The molecule has 0 saturated heterocycles. The average molecular weight is 299 g/mol. The number of pyridine rings is 1. The van der Waals surface area contributed by atoms with Crippen molar-refractivity contribution in [3.05, 3.63) is 41.6 Å². The molecule has 0 bridgehead atoms. The largest absolute Gasteiger partial charge is 0.497 e. The van der Waals surface area contributed by atoms with Crippen LogP contribution in [0.4, 0.5) is 5.69 Å². The normalized spacial score (nSPS) is 11.3. The quantitative estimate of drug-likeness (QED) is 0.878. The number of hydrogen-bond acceptors (Lipinski definition) is 5. The third-order valence-corrected chi connectivity index (χ3v) is 4.47. The van der Waals surface area contributed by atoms with Gasteiger partial charge in [0, 0.05) is 0 Å². The maximum Gasteiger partial charge on any atom is 0.223 e. The van der Waals surface area contributed by atoms with Crippen molar-refractivity contribution >= 4 is 27.1 Å². The smallest absolute Gasteiger partial charge is 0.223 e. The van der Waals surface area contributed by atoms with Crippen LogP contribution >= 0.6 is 11.6 Å². The van der Waals surface area contributed by atoms with Gasteiger partial charge in [-0.1, -0.05) is 11.6 Å². The Morgan fingerprint density at radius 3 is 2.32 bits per heavy atom. The zero-order valence-electron chi connectivity index (χ0n) is 10.00. The van der Waals surface area contributed by atoms with Crippen LogP contribution in [0.15, 0.2) is 46.3 Å². The molecule has 2 N–H and O–H groups in total. The number of methoxy groups -OCH3 is 1. The van der Waals surface area contributed by atoms with Gasteiger partial charge >= 0.3 is 0 Å². The lowest BCUT2D eigenvalue weighted by Crippen LogP contribution is -2.05. The summed E-state index contributed by atoms with van der Waals surface area (Å²) in [4.78, 5) is 3.90. The Bertz CT molecular complexity index is 699. The molecule has 2 aromatic rings. The Hall–Kier alpha value is -1.79. The number of nitrogen functional groups attached to an aromatic ring is 1. The first-order chi connectivity index (χ1) is 8.95. The molecular formula is C12H11ClN2O3S. The summed E-state index contributed by atoms with van der Waals surface area (Å²) in [5, 5.41) is -0.175. The first-order valence-electron chi connectivity index (χ1n) is 5.26. The Morgan fingerprint density at radius 1 is 1.16 bits per heavy atom. The van der Waals surface area contributed by atoms with Gasteiger partial charge in [0.25, 0.3) is 0 Å². The highest BCUT2D eigenvalue weighted by Crippen LogP contribution is 2.24. The van der Waals surface area contributed by atoms with Crippen molar-refractivity contribution in [3.63, 3.8) is 0 Å². The Kier molecular flexibility index (Phi) is 3.64. The predicted molar refractivity (Wildman–Crippen MR) is 72.1 cm³/mol. The molecular weight excluding hydrogens is 288 g/mol. The number of anilines is 1. The molecule has 0 aliphatic rings. The SMILES string of the molecule is COc1ccc(S(=O)(=O)c2ccc(N)c(Cl)n2)cc1. The molecule has 19 heavy (non-hydrogen) atoms. The van der Waals surface area contributed by atoms with Crippen molar-refractivity contribution in [1.29, 1.82) is 0 Å². The van der Waals surface area contributed by atoms with Gasteiger partial charge in [-0.3, -0.25) is 0 Å². The van der Waals surface area contributed by atoms with Gasteiger partial charge in [-0.25, -0.2) is 13.4 Å². The Labute approximate surface area is 115 Å². The molecule has 0 amide bonds. The Morgan fingerprint density at radius 2 is 1.79 bits per heavy atom. The molecule has 100 valence electrons. The zero-order valence-corrected chi connectivity index (χ0v) is 11.6. The summed E-state index contributed by atoms with van der Waals surface area (Å²) in [5.41, 5.74) is 5.73. The average Bonchev–Trinajstić information content (AvgIpc) is 2.41. The van der Waals surface area contributed by atoms with Crippen molar-refractivity contribution in [2.24, 2.45) is 0 Å². The van der Waals surface area contributed by atoms with E-state index < -0.39 is 9.84 Å². The van der Waals surface area contributed by atoms with Gasteiger partial charge in [0.1, 0.15) is 5.75 Å². The number of rotatable bonds is 3. The lowest BCUT2D eigenvalue weighted by Gasteiger charge is -2.06. The first kappa shape index (κ1) is 13.6. The molecule has 0 fully saturated rings. The number of ether oxygens (including phenoxy) is 1. The summed E-state index contributed by atoms with van der Waals surface area (Å²) in [6.07, 6.45) is 0. The van der Waals surface area contributed by atoms with Gasteiger partial charge in [0.15, 0.2) is 10.2 Å². The van der Waals surface area contributed by atoms with Gasteiger partial charge in [-0.2, -0.15) is 0 Å². The summed E-state index contributed by atoms with van der Waals surface area (Å²) in [7, 11) is -2.21. The summed E-state index contributed by atoms with van der Waals surface area (Å²) in [5.74, 6) is 0.572. The third kappa shape index (κ3) is 2.64. The van der Waals surface area contributed by atoms with Crippen LogP contribution in [0.3, 0.4) is 0 Å². The van der Waals surface area contributed by atoms with Crippen LogP contribution in [0.2, 0.25) is 5.15 Å². The number of aromatic nitrogens is 1. The molecule has 5 nitrogen and oxygen atoms in total. The highest BCUT2D eigenvalue weighted by atomic mass is 35.5. The van der Waals surface area contributed by atoms with Gasteiger partial charge in [0.2, 0.25) is 9.84 Å². The van der Waals surface area contributed by atoms with Gasteiger partial charge in [0.05, 0.1) is 17.7 Å². The van der Waals surface area contributed by atoms with Crippen LogP contribution in [0, 0.1) is 0 Å². The fourth-order valence-corrected chi connectivity index (χ4v) is 2.85. The van der Waals surface area contributed by atoms with E-state index in [-0.39, 0.29) is 20.8 Å². The molecule has 7 heteroatoms. The highest BCUT2D eigenvalue weighted by Gasteiger charge is 2.20. The summed E-state index contributed by atoms with van der Waals surface area (Å²) in [6, 6.07) is 8.74. The van der Waals surface area contributed by atoms with Crippen molar-refractivity contribution in [3.8, 4) is 5.75 Å². The van der Waals surface area contributed by atoms with Crippen molar-refractivity contribution in [2.75, 3.05) is 12.8 Å². The minimum Gasteiger partial charge on any atom is -0.497 e.